The number of amides is 2. The van der Waals surface area contributed by atoms with Gasteiger partial charge in [-0.3, -0.25) is 9.59 Å². The Morgan fingerprint density at radius 1 is 0.978 bits per heavy atom. The summed E-state index contributed by atoms with van der Waals surface area (Å²) in [6.45, 7) is 3.83. The predicted octanol–water partition coefficient (Wildman–Crippen LogP) is 2.88. The molecule has 4 aromatic rings. The van der Waals surface area contributed by atoms with E-state index in [2.05, 4.69) is 20.6 Å². The van der Waals surface area contributed by atoms with Gasteiger partial charge in [-0.1, -0.05) is 86.6 Å². The quantitative estimate of drug-likeness (QED) is 0.0881. The van der Waals surface area contributed by atoms with Gasteiger partial charge in [0.15, 0.2) is 6.23 Å². The molecule has 0 aliphatic carbocycles. The van der Waals surface area contributed by atoms with E-state index < -0.39 is 44.1 Å². The molecule has 4 rings (SSSR count). The minimum atomic E-state index is -2.62. The second-order valence-corrected chi connectivity index (χ2v) is 12.1. The molecule has 1 aromatic heterocycles. The van der Waals surface area contributed by atoms with E-state index in [0.717, 1.165) is 27.7 Å². The SMILES string of the molecule is CC(C)C[C@@H](NC(=O)[C@H](Cc1cnc[nH]1)NC(=O)[C@H](N)Cc1cccc2ccccc12)O[P+]([O-])=CC(=O)OCc1ccccc1. The Labute approximate surface area is 263 Å². The van der Waals surface area contributed by atoms with E-state index in [1.807, 2.05) is 74.5 Å². The smallest absolute Gasteiger partial charge is 0.376 e. The Hall–Kier alpha value is -4.41. The number of H-pyrrole nitrogens is 1. The molecule has 45 heavy (non-hydrogen) atoms. The van der Waals surface area contributed by atoms with Crippen molar-refractivity contribution in [3.05, 3.63) is 102 Å². The van der Waals surface area contributed by atoms with Crippen LogP contribution in [0.3, 0.4) is 0 Å². The highest BCUT2D eigenvalue weighted by molar-refractivity contribution is 7.47. The van der Waals surface area contributed by atoms with Gasteiger partial charge in [0.2, 0.25) is 25.6 Å². The third kappa shape index (κ3) is 10.6. The third-order valence-corrected chi connectivity index (χ3v) is 7.81. The predicted molar refractivity (Wildman–Crippen MR) is 172 cm³/mol. The molecule has 0 radical (unpaired) electrons. The fraction of sp³-hybridized carbons (Fsp3) is 0.303. The molecule has 4 atom stereocenters. The van der Waals surface area contributed by atoms with Crippen LogP contribution in [0.15, 0.2) is 85.3 Å². The van der Waals surface area contributed by atoms with Gasteiger partial charge in [0.1, 0.15) is 12.6 Å². The summed E-state index contributed by atoms with van der Waals surface area (Å²) in [4.78, 5) is 58.7. The molecule has 3 aromatic carbocycles. The molecular formula is C33H38N5O6P. The van der Waals surface area contributed by atoms with Crippen molar-refractivity contribution in [1.82, 2.24) is 20.6 Å². The number of nitrogens with one attached hydrogen (secondary N) is 3. The molecule has 0 saturated carbocycles. The minimum Gasteiger partial charge on any atom is -0.603 e. The summed E-state index contributed by atoms with van der Waals surface area (Å²) >= 11 is 0. The molecule has 12 heteroatoms. The zero-order valence-electron chi connectivity index (χ0n) is 25.2. The van der Waals surface area contributed by atoms with Crippen LogP contribution in [0, 0.1) is 5.92 Å². The topological polar surface area (TPSA) is 171 Å². The van der Waals surface area contributed by atoms with Crippen LogP contribution in [-0.4, -0.2) is 51.9 Å². The number of hydrogen-bond acceptors (Lipinski definition) is 8. The second kappa shape index (κ2) is 16.6. The van der Waals surface area contributed by atoms with Gasteiger partial charge < -0.3 is 31.0 Å². The highest BCUT2D eigenvalue weighted by atomic mass is 31.1. The van der Waals surface area contributed by atoms with Gasteiger partial charge in [-0.25, -0.2) is 9.78 Å². The van der Waals surface area contributed by atoms with E-state index in [4.69, 9.17) is 15.0 Å². The average Bonchev–Trinajstić information content (AvgIpc) is 3.53. The van der Waals surface area contributed by atoms with Crippen molar-refractivity contribution in [2.45, 2.75) is 58.0 Å². The number of imidazole rings is 1. The molecule has 236 valence electrons. The van der Waals surface area contributed by atoms with E-state index in [0.29, 0.717) is 12.1 Å². The van der Waals surface area contributed by atoms with E-state index in [9.17, 15) is 19.3 Å². The van der Waals surface area contributed by atoms with E-state index in [-0.39, 0.29) is 25.4 Å². The normalized spacial score (nSPS) is 13.7. The van der Waals surface area contributed by atoms with Crippen molar-refractivity contribution >= 4 is 42.4 Å². The molecule has 1 heterocycles. The lowest BCUT2D eigenvalue weighted by molar-refractivity contribution is -0.177. The summed E-state index contributed by atoms with van der Waals surface area (Å²) in [6.07, 6.45) is 2.67. The number of aromatic amines is 1. The molecule has 0 fully saturated rings. The van der Waals surface area contributed by atoms with Crippen LogP contribution >= 0.6 is 8.00 Å². The second-order valence-electron chi connectivity index (χ2n) is 11.0. The lowest BCUT2D eigenvalue weighted by Crippen LogP contribution is -2.54. The maximum absolute atomic E-state index is 13.5. The van der Waals surface area contributed by atoms with Gasteiger partial charge in [-0.15, -0.1) is 0 Å². The first kappa shape index (κ1) is 33.5. The number of benzene rings is 3. The number of nitrogens with zero attached hydrogens (tertiary/aromatic N) is 1. The number of esters is 1. The van der Waals surface area contributed by atoms with E-state index >= 15 is 0 Å². The molecule has 0 aliphatic heterocycles. The Morgan fingerprint density at radius 3 is 2.44 bits per heavy atom. The number of fused-ring (bicyclic) bond motifs is 1. The number of aromatic nitrogens is 2. The molecule has 5 N–H and O–H groups in total. The largest absolute Gasteiger partial charge is 0.603 e. The first-order valence-corrected chi connectivity index (χ1v) is 15.9. The number of ether oxygens (including phenoxy) is 1. The fourth-order valence-corrected chi connectivity index (χ4v) is 5.43. The number of nitrogens with two attached hydrogens (primary N) is 1. The van der Waals surface area contributed by atoms with Crippen LogP contribution in [0.25, 0.3) is 10.8 Å². The van der Waals surface area contributed by atoms with Gasteiger partial charge in [0, 0.05) is 18.3 Å². The third-order valence-electron chi connectivity index (χ3n) is 6.92. The summed E-state index contributed by atoms with van der Waals surface area (Å²) in [6, 6.07) is 20.8. The van der Waals surface area contributed by atoms with Crippen LogP contribution in [-0.2, 0) is 43.1 Å². The number of carbonyl (C=O) groups excluding carboxylic acids is 3. The van der Waals surface area contributed by atoms with Gasteiger partial charge >= 0.3 is 5.97 Å². The summed E-state index contributed by atoms with van der Waals surface area (Å²) in [5.74, 6) is -1.01. The molecule has 1 unspecified atom stereocenters. The number of carbonyl (C=O) groups is 3. The standard InChI is InChI=1S/C33H38N5O6P/c1-22(2)15-30(44-45(42)20-31(39)43-19-23-9-4-3-5-10-23)38-33(41)29(17-26-18-35-21-36-26)37-32(40)28(34)16-25-13-8-12-24-11-6-7-14-27(24)25/h3-14,18,20-22,28-30H,15-17,19,34H2,1-2H3,(H,35,36)(H,37,40)(H,38,41)/t28-,29+,30+/m1/s1. The zero-order chi connectivity index (χ0) is 32.2. The van der Waals surface area contributed by atoms with Crippen LogP contribution in [0.1, 0.15) is 37.1 Å². The number of hydrogen-bond donors (Lipinski definition) is 4. The van der Waals surface area contributed by atoms with Crippen molar-refractivity contribution in [3.8, 4) is 0 Å². The van der Waals surface area contributed by atoms with E-state index in [1.54, 1.807) is 18.3 Å². The molecule has 0 spiro atoms. The maximum atomic E-state index is 13.5. The fourth-order valence-electron chi connectivity index (χ4n) is 4.73. The van der Waals surface area contributed by atoms with Gasteiger partial charge in [-0.05, 0) is 40.7 Å². The Morgan fingerprint density at radius 2 is 1.71 bits per heavy atom. The highest BCUT2D eigenvalue weighted by Crippen LogP contribution is 2.21. The molecule has 0 aliphatic rings. The average molecular weight is 632 g/mol. The summed E-state index contributed by atoms with van der Waals surface area (Å²) < 4.78 is 10.7. The first-order valence-electron chi connectivity index (χ1n) is 14.7. The molecule has 2 amide bonds. The van der Waals surface area contributed by atoms with Crippen molar-refractivity contribution in [2.24, 2.45) is 11.7 Å². The lowest BCUT2D eigenvalue weighted by Gasteiger charge is -2.24. The summed E-state index contributed by atoms with van der Waals surface area (Å²) in [5, 5.41) is 7.54. The van der Waals surface area contributed by atoms with Crippen LogP contribution < -0.4 is 21.3 Å². The molecule has 0 bridgehead atoms. The summed E-state index contributed by atoms with van der Waals surface area (Å²) in [5.41, 5.74) is 8.63. The van der Waals surface area contributed by atoms with E-state index in [1.165, 1.54) is 6.33 Å². The highest BCUT2D eigenvalue weighted by Gasteiger charge is 2.29. The van der Waals surface area contributed by atoms with Gasteiger partial charge in [0.05, 0.1) is 12.4 Å². The lowest BCUT2D eigenvalue weighted by atomic mass is 9.98. The van der Waals surface area contributed by atoms with Crippen LogP contribution in [0.4, 0.5) is 0 Å². The van der Waals surface area contributed by atoms with Crippen molar-refractivity contribution in [2.75, 3.05) is 0 Å². The summed E-state index contributed by atoms with van der Waals surface area (Å²) in [7, 11) is -2.62. The van der Waals surface area contributed by atoms with Crippen molar-refractivity contribution in [3.63, 3.8) is 0 Å². The zero-order valence-corrected chi connectivity index (χ0v) is 26.1. The molecule has 0 saturated heterocycles. The molecule has 11 nitrogen and oxygen atoms in total. The van der Waals surface area contributed by atoms with Crippen molar-refractivity contribution < 1.29 is 28.5 Å². The van der Waals surface area contributed by atoms with Gasteiger partial charge in [-0.2, -0.15) is 4.52 Å². The monoisotopic (exact) mass is 631 g/mol. The Balaban J connectivity index is 1.42. The van der Waals surface area contributed by atoms with Gasteiger partial charge in [0.25, 0.3) is 0 Å². The molecular weight excluding hydrogens is 593 g/mol. The van der Waals surface area contributed by atoms with Crippen LogP contribution in [0.2, 0.25) is 0 Å². The Bertz CT molecular complexity index is 1590. The van der Waals surface area contributed by atoms with Crippen molar-refractivity contribution in [1.29, 1.82) is 0 Å². The first-order chi connectivity index (χ1) is 21.7. The Kier molecular flexibility index (Phi) is 12.4. The number of rotatable bonds is 15. The minimum absolute atomic E-state index is 0.0170. The maximum Gasteiger partial charge on any atom is 0.376 e. The van der Waals surface area contributed by atoms with Crippen LogP contribution in [0.5, 0.6) is 0 Å².